The van der Waals surface area contributed by atoms with Gasteiger partial charge in [-0.1, -0.05) is 29.8 Å². The minimum Gasteiger partial charge on any atom is -0.508 e. The van der Waals surface area contributed by atoms with Gasteiger partial charge in [-0.3, -0.25) is 0 Å². The normalized spacial score (nSPS) is 12.4. The second-order valence-corrected chi connectivity index (χ2v) is 5.23. The molecule has 0 spiro atoms. The Morgan fingerprint density at radius 1 is 1.13 bits per heavy atom. The van der Waals surface area contributed by atoms with E-state index in [1.807, 2.05) is 19.1 Å². The molecule has 2 rings (SSSR count). The molecule has 2 aromatic rings. The van der Waals surface area contributed by atoms with E-state index in [1.54, 1.807) is 6.07 Å². The van der Waals surface area contributed by atoms with Crippen LogP contribution in [0, 0.1) is 6.92 Å². The van der Waals surface area contributed by atoms with Crippen molar-refractivity contribution in [2.45, 2.75) is 26.2 Å². The lowest BCUT2D eigenvalue weighted by Gasteiger charge is -2.14. The summed E-state index contributed by atoms with van der Waals surface area (Å²) in [5.41, 5.74) is 2.38. The summed E-state index contributed by atoms with van der Waals surface area (Å²) in [6, 6.07) is 11.2. The first-order chi connectivity index (χ1) is 11.0. The molecule has 0 aromatic heterocycles. The van der Waals surface area contributed by atoms with Gasteiger partial charge in [0.15, 0.2) is 0 Å². The highest BCUT2D eigenvalue weighted by Gasteiger charge is 2.09. The van der Waals surface area contributed by atoms with Crippen molar-refractivity contribution >= 4 is 0 Å². The number of aromatic hydroxyl groups is 1. The maximum Gasteiger partial charge on any atom is 0.387 e. The van der Waals surface area contributed by atoms with Gasteiger partial charge in [-0.15, -0.1) is 0 Å². The lowest BCUT2D eigenvalue weighted by Crippen LogP contribution is -2.21. The van der Waals surface area contributed by atoms with E-state index in [4.69, 9.17) is 0 Å². The number of aryl methyl sites for hydroxylation is 1. The number of ether oxygens (including phenoxy) is 1. The smallest absolute Gasteiger partial charge is 0.387 e. The number of rotatable bonds is 7. The summed E-state index contributed by atoms with van der Waals surface area (Å²) in [6.07, 6.45) is -0.789. The molecule has 0 saturated carbocycles. The Hall–Kier alpha value is -2.18. The summed E-state index contributed by atoms with van der Waals surface area (Å²) in [5.74, 6) is 0.250. The maximum atomic E-state index is 12.1. The van der Waals surface area contributed by atoms with Gasteiger partial charge in [-0.25, -0.2) is 0 Å². The predicted octanol–water partition coefficient (Wildman–Crippen LogP) is 3.13. The van der Waals surface area contributed by atoms with Crippen LogP contribution in [0.1, 0.15) is 22.8 Å². The van der Waals surface area contributed by atoms with Crippen LogP contribution in [-0.2, 0) is 6.54 Å². The van der Waals surface area contributed by atoms with E-state index in [9.17, 15) is 19.0 Å². The zero-order chi connectivity index (χ0) is 16.8. The average molecular weight is 323 g/mol. The molecule has 23 heavy (non-hydrogen) atoms. The molecule has 1 unspecified atom stereocenters. The lowest BCUT2D eigenvalue weighted by atomic mass is 10.1. The van der Waals surface area contributed by atoms with Gasteiger partial charge in [-0.05, 0) is 30.7 Å². The SMILES string of the molecule is Cc1ccc(O)c(CNCC(O)c2ccc(OC(F)F)cc2)c1. The first kappa shape index (κ1) is 17.2. The average Bonchev–Trinajstić information content (AvgIpc) is 2.50. The fraction of sp³-hybridized carbons (Fsp3) is 0.294. The fourth-order valence-corrected chi connectivity index (χ4v) is 2.19. The summed E-state index contributed by atoms with van der Waals surface area (Å²) in [5, 5.41) is 22.9. The van der Waals surface area contributed by atoms with Crippen molar-refractivity contribution in [3.8, 4) is 11.5 Å². The molecule has 3 N–H and O–H groups in total. The Labute approximate surface area is 133 Å². The molecular weight excluding hydrogens is 304 g/mol. The Bertz CT molecular complexity index is 632. The molecule has 0 aliphatic carbocycles. The van der Waals surface area contributed by atoms with Crippen molar-refractivity contribution in [1.29, 1.82) is 0 Å². The predicted molar refractivity (Wildman–Crippen MR) is 82.6 cm³/mol. The molecule has 0 heterocycles. The number of aliphatic hydroxyl groups excluding tert-OH is 1. The van der Waals surface area contributed by atoms with Crippen LogP contribution in [0.2, 0.25) is 0 Å². The molecule has 0 aliphatic rings. The maximum absolute atomic E-state index is 12.1. The van der Waals surface area contributed by atoms with Gasteiger partial charge in [0.05, 0.1) is 6.10 Å². The van der Waals surface area contributed by atoms with Crippen LogP contribution in [0.4, 0.5) is 8.78 Å². The Balaban J connectivity index is 1.87. The molecule has 1 atom stereocenters. The zero-order valence-electron chi connectivity index (χ0n) is 12.7. The largest absolute Gasteiger partial charge is 0.508 e. The molecule has 2 aromatic carbocycles. The number of nitrogens with one attached hydrogen (secondary N) is 1. The Kier molecular flexibility index (Phi) is 5.90. The third-order valence-corrected chi connectivity index (χ3v) is 3.38. The second kappa shape index (κ2) is 7.89. The summed E-state index contributed by atoms with van der Waals surface area (Å²) < 4.78 is 28.4. The molecule has 0 aliphatic heterocycles. The van der Waals surface area contributed by atoms with Gasteiger partial charge in [0.1, 0.15) is 11.5 Å². The molecule has 0 fully saturated rings. The summed E-state index contributed by atoms with van der Waals surface area (Å²) in [7, 11) is 0. The molecule has 0 radical (unpaired) electrons. The minimum absolute atomic E-state index is 0.0496. The second-order valence-electron chi connectivity index (χ2n) is 5.23. The van der Waals surface area contributed by atoms with E-state index < -0.39 is 12.7 Å². The van der Waals surface area contributed by atoms with Crippen molar-refractivity contribution in [2.75, 3.05) is 6.54 Å². The molecule has 0 amide bonds. The Morgan fingerprint density at radius 3 is 2.48 bits per heavy atom. The third-order valence-electron chi connectivity index (χ3n) is 3.38. The number of halogens is 2. The first-order valence-corrected chi connectivity index (χ1v) is 7.18. The minimum atomic E-state index is -2.87. The first-order valence-electron chi connectivity index (χ1n) is 7.18. The quantitative estimate of drug-likeness (QED) is 0.733. The topological polar surface area (TPSA) is 61.7 Å². The number of phenols is 1. The van der Waals surface area contributed by atoms with Gasteiger partial charge in [0.2, 0.25) is 0 Å². The van der Waals surface area contributed by atoms with Gasteiger partial charge in [-0.2, -0.15) is 8.78 Å². The monoisotopic (exact) mass is 323 g/mol. The van der Waals surface area contributed by atoms with Crippen LogP contribution in [0.25, 0.3) is 0 Å². The molecule has 0 saturated heterocycles. The van der Waals surface area contributed by atoms with Crippen LogP contribution in [0.15, 0.2) is 42.5 Å². The molecule has 124 valence electrons. The van der Waals surface area contributed by atoms with E-state index in [0.717, 1.165) is 11.1 Å². The highest BCUT2D eigenvalue weighted by Crippen LogP contribution is 2.20. The fourth-order valence-electron chi connectivity index (χ4n) is 2.19. The van der Waals surface area contributed by atoms with Crippen molar-refractivity contribution in [1.82, 2.24) is 5.32 Å². The van der Waals surface area contributed by atoms with Gasteiger partial charge >= 0.3 is 6.61 Å². The van der Waals surface area contributed by atoms with E-state index in [0.29, 0.717) is 12.1 Å². The molecule has 0 bridgehead atoms. The van der Waals surface area contributed by atoms with Gasteiger partial charge in [0, 0.05) is 18.7 Å². The zero-order valence-corrected chi connectivity index (χ0v) is 12.7. The highest BCUT2D eigenvalue weighted by atomic mass is 19.3. The van der Waals surface area contributed by atoms with Crippen LogP contribution in [0.3, 0.4) is 0 Å². The number of benzene rings is 2. The van der Waals surface area contributed by atoms with Crippen LogP contribution in [0.5, 0.6) is 11.5 Å². The van der Waals surface area contributed by atoms with Crippen LogP contribution >= 0.6 is 0 Å². The van der Waals surface area contributed by atoms with Crippen molar-refractivity contribution in [2.24, 2.45) is 0 Å². The van der Waals surface area contributed by atoms with Crippen LogP contribution < -0.4 is 10.1 Å². The van der Waals surface area contributed by atoms with E-state index in [1.165, 1.54) is 24.3 Å². The van der Waals surface area contributed by atoms with E-state index >= 15 is 0 Å². The molecular formula is C17H19F2NO3. The number of alkyl halides is 2. The van der Waals surface area contributed by atoms with Gasteiger partial charge in [0.25, 0.3) is 0 Å². The van der Waals surface area contributed by atoms with Crippen molar-refractivity contribution in [3.05, 3.63) is 59.2 Å². The number of aliphatic hydroxyl groups is 1. The van der Waals surface area contributed by atoms with Crippen LogP contribution in [-0.4, -0.2) is 23.4 Å². The van der Waals surface area contributed by atoms with Crippen molar-refractivity contribution in [3.63, 3.8) is 0 Å². The van der Waals surface area contributed by atoms with E-state index in [-0.39, 0.29) is 18.0 Å². The highest BCUT2D eigenvalue weighted by molar-refractivity contribution is 5.35. The number of hydrogen-bond acceptors (Lipinski definition) is 4. The summed E-state index contributed by atoms with van der Waals surface area (Å²) in [6.45, 7) is -0.255. The van der Waals surface area contributed by atoms with Crippen molar-refractivity contribution < 1.29 is 23.7 Å². The van der Waals surface area contributed by atoms with Gasteiger partial charge < -0.3 is 20.3 Å². The van der Waals surface area contributed by atoms with E-state index in [2.05, 4.69) is 10.1 Å². The number of phenolic OH excluding ortho intramolecular Hbond substituents is 1. The summed E-state index contributed by atoms with van der Waals surface area (Å²) >= 11 is 0. The standard InChI is InChI=1S/C17H19F2NO3/c1-11-2-7-15(21)13(8-11)9-20-10-16(22)12-3-5-14(6-4-12)23-17(18)19/h2-8,16-17,20-22H,9-10H2,1H3. The third kappa shape index (κ3) is 5.19. The number of hydrogen-bond donors (Lipinski definition) is 3. The lowest BCUT2D eigenvalue weighted by molar-refractivity contribution is -0.0498. The molecule has 4 nitrogen and oxygen atoms in total. The molecule has 6 heteroatoms. The summed E-state index contributed by atoms with van der Waals surface area (Å²) in [4.78, 5) is 0. The Morgan fingerprint density at radius 2 is 1.83 bits per heavy atom.